The Bertz CT molecular complexity index is 560. The summed E-state index contributed by atoms with van der Waals surface area (Å²) in [5.41, 5.74) is -1.54. The third-order valence-electron chi connectivity index (χ3n) is 2.93. The SMILES string of the molecule is N#Cc1cn(CC2(CO)CC2)c(=O)[nH]c1=O. The molecule has 1 fully saturated rings. The van der Waals surface area contributed by atoms with Crippen LogP contribution in [-0.4, -0.2) is 21.3 Å². The maximum Gasteiger partial charge on any atom is 0.328 e. The van der Waals surface area contributed by atoms with E-state index in [4.69, 9.17) is 10.4 Å². The molecule has 1 aliphatic rings. The van der Waals surface area contributed by atoms with Crippen molar-refractivity contribution >= 4 is 0 Å². The first-order chi connectivity index (χ1) is 7.60. The van der Waals surface area contributed by atoms with Crippen LogP contribution in [0.4, 0.5) is 0 Å². The molecule has 0 saturated heterocycles. The molecule has 0 amide bonds. The largest absolute Gasteiger partial charge is 0.396 e. The Morgan fingerprint density at radius 3 is 2.75 bits per heavy atom. The van der Waals surface area contributed by atoms with Gasteiger partial charge in [0.05, 0.1) is 6.61 Å². The normalized spacial score (nSPS) is 16.8. The maximum atomic E-state index is 11.4. The van der Waals surface area contributed by atoms with E-state index in [0.29, 0.717) is 6.54 Å². The zero-order valence-electron chi connectivity index (χ0n) is 8.56. The smallest absolute Gasteiger partial charge is 0.328 e. The summed E-state index contributed by atoms with van der Waals surface area (Å²) < 4.78 is 1.28. The molecule has 0 spiro atoms. The first-order valence-corrected chi connectivity index (χ1v) is 4.95. The molecule has 2 rings (SSSR count). The Labute approximate surface area is 90.8 Å². The van der Waals surface area contributed by atoms with Gasteiger partial charge in [-0.1, -0.05) is 0 Å². The van der Waals surface area contributed by atoms with Gasteiger partial charge in [-0.15, -0.1) is 0 Å². The number of nitriles is 1. The highest BCUT2D eigenvalue weighted by molar-refractivity contribution is 5.21. The highest BCUT2D eigenvalue weighted by atomic mass is 16.3. The lowest BCUT2D eigenvalue weighted by Gasteiger charge is -2.12. The van der Waals surface area contributed by atoms with Crippen LogP contribution in [0.1, 0.15) is 18.4 Å². The molecule has 0 aromatic carbocycles. The lowest BCUT2D eigenvalue weighted by atomic mass is 10.1. The molecular weight excluding hydrogens is 210 g/mol. The molecule has 0 bridgehead atoms. The van der Waals surface area contributed by atoms with Crippen LogP contribution < -0.4 is 11.2 Å². The van der Waals surface area contributed by atoms with E-state index < -0.39 is 11.2 Å². The average Bonchev–Trinajstić information content (AvgIpc) is 3.03. The summed E-state index contributed by atoms with van der Waals surface area (Å²) in [6, 6.07) is 1.72. The van der Waals surface area contributed by atoms with Crippen molar-refractivity contribution in [2.24, 2.45) is 5.41 Å². The molecule has 16 heavy (non-hydrogen) atoms. The fraction of sp³-hybridized carbons (Fsp3) is 0.500. The highest BCUT2D eigenvalue weighted by Crippen LogP contribution is 2.46. The van der Waals surface area contributed by atoms with Gasteiger partial charge in [-0.3, -0.25) is 14.3 Å². The number of aromatic amines is 1. The Morgan fingerprint density at radius 2 is 2.25 bits per heavy atom. The predicted molar refractivity (Wildman–Crippen MR) is 54.8 cm³/mol. The van der Waals surface area contributed by atoms with Gasteiger partial charge in [0.2, 0.25) is 0 Å². The Morgan fingerprint density at radius 1 is 1.56 bits per heavy atom. The number of aliphatic hydroxyl groups is 1. The van der Waals surface area contributed by atoms with Crippen LogP contribution in [0.3, 0.4) is 0 Å². The summed E-state index contributed by atoms with van der Waals surface area (Å²) in [4.78, 5) is 24.7. The summed E-state index contributed by atoms with van der Waals surface area (Å²) in [5.74, 6) is 0. The van der Waals surface area contributed by atoms with Crippen LogP contribution in [0.25, 0.3) is 0 Å². The molecule has 1 aliphatic carbocycles. The molecule has 2 N–H and O–H groups in total. The second kappa shape index (κ2) is 3.61. The van der Waals surface area contributed by atoms with E-state index in [1.54, 1.807) is 6.07 Å². The van der Waals surface area contributed by atoms with E-state index in [1.165, 1.54) is 10.8 Å². The average molecular weight is 221 g/mol. The first-order valence-electron chi connectivity index (χ1n) is 4.95. The highest BCUT2D eigenvalue weighted by Gasteiger charge is 2.42. The van der Waals surface area contributed by atoms with Gasteiger partial charge in [0, 0.05) is 18.2 Å². The van der Waals surface area contributed by atoms with Crippen molar-refractivity contribution in [1.82, 2.24) is 9.55 Å². The molecule has 0 aliphatic heterocycles. The van der Waals surface area contributed by atoms with Crippen LogP contribution in [0, 0.1) is 16.7 Å². The van der Waals surface area contributed by atoms with Gasteiger partial charge in [-0.05, 0) is 12.8 Å². The van der Waals surface area contributed by atoms with E-state index in [-0.39, 0.29) is 17.6 Å². The van der Waals surface area contributed by atoms with E-state index in [0.717, 1.165) is 12.8 Å². The molecule has 1 heterocycles. The third-order valence-corrected chi connectivity index (χ3v) is 2.93. The molecule has 6 nitrogen and oxygen atoms in total. The van der Waals surface area contributed by atoms with Crippen molar-refractivity contribution in [1.29, 1.82) is 5.26 Å². The Balaban J connectivity index is 2.39. The summed E-state index contributed by atoms with van der Waals surface area (Å²) in [5, 5.41) is 17.8. The summed E-state index contributed by atoms with van der Waals surface area (Å²) in [6.07, 6.45) is 2.96. The van der Waals surface area contributed by atoms with Gasteiger partial charge >= 0.3 is 5.69 Å². The summed E-state index contributed by atoms with van der Waals surface area (Å²) in [7, 11) is 0. The molecule has 0 unspecified atom stereocenters. The fourth-order valence-corrected chi connectivity index (χ4v) is 1.61. The molecule has 1 aromatic heterocycles. The fourth-order valence-electron chi connectivity index (χ4n) is 1.61. The maximum absolute atomic E-state index is 11.4. The van der Waals surface area contributed by atoms with Gasteiger partial charge in [-0.25, -0.2) is 4.79 Å². The quantitative estimate of drug-likeness (QED) is 0.696. The molecule has 1 aromatic rings. The molecule has 0 radical (unpaired) electrons. The van der Waals surface area contributed by atoms with E-state index in [2.05, 4.69) is 4.98 Å². The van der Waals surface area contributed by atoms with E-state index in [1.807, 2.05) is 0 Å². The number of nitrogens with zero attached hydrogens (tertiary/aromatic N) is 2. The van der Waals surface area contributed by atoms with Crippen molar-refractivity contribution < 1.29 is 5.11 Å². The van der Waals surface area contributed by atoms with Crippen molar-refractivity contribution in [2.45, 2.75) is 19.4 Å². The van der Waals surface area contributed by atoms with Crippen molar-refractivity contribution in [3.05, 3.63) is 32.6 Å². The number of aliphatic hydroxyl groups excluding tert-OH is 1. The number of nitrogens with one attached hydrogen (secondary N) is 1. The number of aromatic nitrogens is 2. The van der Waals surface area contributed by atoms with Crippen LogP contribution in [0.5, 0.6) is 0 Å². The minimum atomic E-state index is -0.669. The van der Waals surface area contributed by atoms with Crippen LogP contribution in [0.15, 0.2) is 15.8 Å². The monoisotopic (exact) mass is 221 g/mol. The van der Waals surface area contributed by atoms with Crippen LogP contribution in [0.2, 0.25) is 0 Å². The lowest BCUT2D eigenvalue weighted by molar-refractivity contribution is 0.193. The number of rotatable bonds is 3. The van der Waals surface area contributed by atoms with Gasteiger partial charge in [0.1, 0.15) is 11.6 Å². The first kappa shape index (κ1) is 10.6. The van der Waals surface area contributed by atoms with Crippen LogP contribution >= 0.6 is 0 Å². The topological polar surface area (TPSA) is 98.9 Å². The molecule has 0 atom stereocenters. The lowest BCUT2D eigenvalue weighted by Crippen LogP contribution is -2.33. The van der Waals surface area contributed by atoms with E-state index in [9.17, 15) is 9.59 Å². The second-order valence-electron chi connectivity index (χ2n) is 4.20. The number of hydrogen-bond acceptors (Lipinski definition) is 4. The van der Waals surface area contributed by atoms with Crippen molar-refractivity contribution in [3.63, 3.8) is 0 Å². The minimum Gasteiger partial charge on any atom is -0.396 e. The molecular formula is C10H11N3O3. The van der Waals surface area contributed by atoms with Gasteiger partial charge in [0.15, 0.2) is 0 Å². The third kappa shape index (κ3) is 1.77. The van der Waals surface area contributed by atoms with E-state index >= 15 is 0 Å². The standard InChI is InChI=1S/C10H11N3O3/c11-3-7-4-13(9(16)12-8(7)15)5-10(6-14)1-2-10/h4,14H,1-2,5-6H2,(H,12,15,16). The summed E-state index contributed by atoms with van der Waals surface area (Å²) in [6.45, 7) is 0.355. The Hall–Kier alpha value is -1.87. The molecule has 1 saturated carbocycles. The zero-order valence-corrected chi connectivity index (χ0v) is 8.56. The van der Waals surface area contributed by atoms with Gasteiger partial charge in [0.25, 0.3) is 5.56 Å². The second-order valence-corrected chi connectivity index (χ2v) is 4.20. The predicted octanol–water partition coefficient (Wildman–Crippen LogP) is -0.819. The van der Waals surface area contributed by atoms with Gasteiger partial charge < -0.3 is 5.11 Å². The van der Waals surface area contributed by atoms with Gasteiger partial charge in [-0.2, -0.15) is 5.26 Å². The van der Waals surface area contributed by atoms with Crippen molar-refractivity contribution in [2.75, 3.05) is 6.61 Å². The Kier molecular flexibility index (Phi) is 2.40. The zero-order chi connectivity index (χ0) is 11.8. The minimum absolute atomic E-state index is 0.0143. The molecule has 84 valence electrons. The number of hydrogen-bond donors (Lipinski definition) is 2. The van der Waals surface area contributed by atoms with Crippen molar-refractivity contribution in [3.8, 4) is 6.07 Å². The summed E-state index contributed by atoms with van der Waals surface area (Å²) >= 11 is 0. The van der Waals surface area contributed by atoms with Crippen LogP contribution in [-0.2, 0) is 6.54 Å². The number of H-pyrrole nitrogens is 1. The molecule has 6 heteroatoms.